The lowest BCUT2D eigenvalue weighted by Gasteiger charge is -2.13. The molecule has 0 bridgehead atoms. The minimum absolute atomic E-state index is 0.0385. The molecule has 0 saturated carbocycles. The van der Waals surface area contributed by atoms with Crippen LogP contribution in [0.25, 0.3) is 0 Å². The van der Waals surface area contributed by atoms with Crippen LogP contribution in [-0.4, -0.2) is 30.7 Å². The van der Waals surface area contributed by atoms with Crippen LogP contribution in [0.3, 0.4) is 0 Å². The number of aromatic nitrogens is 1. The van der Waals surface area contributed by atoms with E-state index in [-0.39, 0.29) is 5.91 Å². The number of rotatable bonds is 6. The van der Waals surface area contributed by atoms with Gasteiger partial charge in [0.25, 0.3) is 0 Å². The number of hydrogen-bond donors (Lipinski definition) is 1. The van der Waals surface area contributed by atoms with Crippen LogP contribution in [0.15, 0.2) is 47.6 Å². The van der Waals surface area contributed by atoms with Crippen molar-refractivity contribution in [1.29, 1.82) is 0 Å². The Labute approximate surface area is 139 Å². The van der Waals surface area contributed by atoms with Gasteiger partial charge in [0, 0.05) is 32.5 Å². The number of thioether (sulfide) groups is 1. The molecule has 0 aliphatic rings. The number of carbonyl (C=O) groups is 1. The Bertz CT molecular complexity index is 632. The van der Waals surface area contributed by atoms with E-state index >= 15 is 0 Å². The van der Waals surface area contributed by atoms with E-state index in [1.165, 1.54) is 11.8 Å². The molecule has 1 aromatic heterocycles. The maximum atomic E-state index is 11.9. The molecule has 1 N–H and O–H groups in total. The highest BCUT2D eigenvalue weighted by Crippen LogP contribution is 2.23. The molecule has 0 saturated heterocycles. The van der Waals surface area contributed by atoms with E-state index in [4.69, 9.17) is 11.6 Å². The molecule has 0 aliphatic carbocycles. The third kappa shape index (κ3) is 4.93. The van der Waals surface area contributed by atoms with Gasteiger partial charge in [0.1, 0.15) is 5.03 Å². The number of anilines is 1. The fourth-order valence-electron chi connectivity index (χ4n) is 1.77. The maximum absolute atomic E-state index is 11.9. The minimum Gasteiger partial charge on any atom is -0.378 e. The summed E-state index contributed by atoms with van der Waals surface area (Å²) in [6.45, 7) is 0.517. The van der Waals surface area contributed by atoms with Crippen molar-refractivity contribution in [3.8, 4) is 0 Å². The smallest absolute Gasteiger partial charge is 0.230 e. The molecule has 2 rings (SSSR count). The van der Waals surface area contributed by atoms with Gasteiger partial charge < -0.3 is 10.2 Å². The second-order valence-electron chi connectivity index (χ2n) is 4.92. The summed E-state index contributed by atoms with van der Waals surface area (Å²) in [6, 6.07) is 11.6. The highest BCUT2D eigenvalue weighted by Gasteiger charge is 2.06. The van der Waals surface area contributed by atoms with Gasteiger partial charge in [-0.1, -0.05) is 35.5 Å². The summed E-state index contributed by atoms with van der Waals surface area (Å²) < 4.78 is 0. The summed E-state index contributed by atoms with van der Waals surface area (Å²) in [4.78, 5) is 18.0. The van der Waals surface area contributed by atoms with Crippen molar-refractivity contribution >= 4 is 35.0 Å². The first-order chi connectivity index (χ1) is 10.6. The number of hydrogen-bond acceptors (Lipinski definition) is 4. The van der Waals surface area contributed by atoms with E-state index in [9.17, 15) is 4.79 Å². The van der Waals surface area contributed by atoms with Crippen LogP contribution in [0.4, 0.5) is 5.69 Å². The van der Waals surface area contributed by atoms with Crippen LogP contribution >= 0.6 is 23.4 Å². The summed E-state index contributed by atoms with van der Waals surface area (Å²) in [6.07, 6.45) is 1.67. The van der Waals surface area contributed by atoms with Crippen molar-refractivity contribution in [2.24, 2.45) is 0 Å². The van der Waals surface area contributed by atoms with E-state index in [2.05, 4.69) is 10.3 Å². The van der Waals surface area contributed by atoms with Crippen LogP contribution < -0.4 is 10.2 Å². The van der Waals surface area contributed by atoms with E-state index in [1.807, 2.05) is 43.3 Å². The fourth-order valence-corrected chi connectivity index (χ4v) is 2.77. The molecular formula is C16H18ClN3OS. The van der Waals surface area contributed by atoms with Gasteiger partial charge in [-0.3, -0.25) is 4.79 Å². The molecule has 1 amide bonds. The summed E-state index contributed by atoms with van der Waals surface area (Å²) in [5.74, 6) is 0.260. The lowest BCUT2D eigenvalue weighted by Crippen LogP contribution is -2.24. The molecule has 22 heavy (non-hydrogen) atoms. The van der Waals surface area contributed by atoms with Crippen LogP contribution in [0.1, 0.15) is 5.56 Å². The zero-order valence-electron chi connectivity index (χ0n) is 12.5. The zero-order chi connectivity index (χ0) is 15.9. The molecule has 2 aromatic rings. The molecule has 1 heterocycles. The third-order valence-corrected chi connectivity index (χ3v) is 4.43. The average Bonchev–Trinajstić information content (AvgIpc) is 2.52. The van der Waals surface area contributed by atoms with Crippen molar-refractivity contribution in [2.45, 2.75) is 11.6 Å². The Kier molecular flexibility index (Phi) is 6.10. The first-order valence-electron chi connectivity index (χ1n) is 6.82. The highest BCUT2D eigenvalue weighted by molar-refractivity contribution is 8.00. The Morgan fingerprint density at radius 1 is 1.27 bits per heavy atom. The Morgan fingerprint density at radius 2 is 2.00 bits per heavy atom. The Hall–Kier alpha value is -1.72. The van der Waals surface area contributed by atoms with Crippen LogP contribution in [0.2, 0.25) is 5.02 Å². The summed E-state index contributed by atoms with van der Waals surface area (Å²) in [5, 5.41) is 4.14. The van der Waals surface area contributed by atoms with Gasteiger partial charge in [0.15, 0.2) is 0 Å². The van der Waals surface area contributed by atoms with Crippen molar-refractivity contribution in [3.63, 3.8) is 0 Å². The molecule has 0 unspecified atom stereocenters. The SMILES string of the molecule is CN(C)c1ccc(CNC(=O)CSc2ncccc2Cl)cc1. The molecule has 0 spiro atoms. The van der Waals surface area contributed by atoms with E-state index < -0.39 is 0 Å². The fraction of sp³-hybridized carbons (Fsp3) is 0.250. The lowest BCUT2D eigenvalue weighted by molar-refractivity contribution is -0.118. The quantitative estimate of drug-likeness (QED) is 0.823. The van der Waals surface area contributed by atoms with Crippen molar-refractivity contribution < 1.29 is 4.79 Å². The van der Waals surface area contributed by atoms with Crippen molar-refractivity contribution in [2.75, 3.05) is 24.7 Å². The average molecular weight is 336 g/mol. The molecule has 4 nitrogen and oxygen atoms in total. The number of carbonyl (C=O) groups excluding carboxylic acids is 1. The highest BCUT2D eigenvalue weighted by atomic mass is 35.5. The molecule has 1 aromatic carbocycles. The number of pyridine rings is 1. The normalized spacial score (nSPS) is 10.3. The Balaban J connectivity index is 1.79. The molecule has 6 heteroatoms. The minimum atomic E-state index is -0.0385. The Morgan fingerprint density at radius 3 is 2.64 bits per heavy atom. The predicted octanol–water partition coefficient (Wildman–Crippen LogP) is 3.21. The number of nitrogens with one attached hydrogen (secondary N) is 1. The summed E-state index contributed by atoms with van der Waals surface area (Å²) in [5.41, 5.74) is 2.20. The second-order valence-corrected chi connectivity index (χ2v) is 6.29. The van der Waals surface area contributed by atoms with Gasteiger partial charge in [0.05, 0.1) is 10.8 Å². The standard InChI is InChI=1S/C16H18ClN3OS/c1-20(2)13-7-5-12(6-8-13)10-19-15(21)11-22-16-14(17)4-3-9-18-16/h3-9H,10-11H2,1-2H3,(H,19,21). The van der Waals surface area contributed by atoms with Gasteiger partial charge in [0.2, 0.25) is 5.91 Å². The van der Waals surface area contributed by atoms with Gasteiger partial charge >= 0.3 is 0 Å². The molecule has 0 atom stereocenters. The van der Waals surface area contributed by atoms with Gasteiger partial charge in [-0.05, 0) is 29.8 Å². The molecular weight excluding hydrogens is 318 g/mol. The van der Waals surface area contributed by atoms with Crippen LogP contribution in [-0.2, 0) is 11.3 Å². The first-order valence-corrected chi connectivity index (χ1v) is 8.19. The topological polar surface area (TPSA) is 45.2 Å². The summed E-state index contributed by atoms with van der Waals surface area (Å²) >= 11 is 7.34. The van der Waals surface area contributed by atoms with E-state index in [1.54, 1.807) is 18.3 Å². The van der Waals surface area contributed by atoms with Gasteiger partial charge in [-0.2, -0.15) is 0 Å². The van der Waals surface area contributed by atoms with E-state index in [0.29, 0.717) is 22.3 Å². The predicted molar refractivity (Wildman–Crippen MR) is 92.6 cm³/mol. The molecule has 0 radical (unpaired) electrons. The maximum Gasteiger partial charge on any atom is 0.230 e. The van der Waals surface area contributed by atoms with Crippen molar-refractivity contribution in [1.82, 2.24) is 10.3 Å². The lowest BCUT2D eigenvalue weighted by atomic mass is 10.2. The molecule has 0 fully saturated rings. The third-order valence-electron chi connectivity index (χ3n) is 3.01. The largest absolute Gasteiger partial charge is 0.378 e. The summed E-state index contributed by atoms with van der Waals surface area (Å²) in [7, 11) is 3.99. The van der Waals surface area contributed by atoms with Gasteiger partial charge in [-0.25, -0.2) is 4.98 Å². The van der Waals surface area contributed by atoms with Gasteiger partial charge in [-0.15, -0.1) is 0 Å². The van der Waals surface area contributed by atoms with Crippen LogP contribution in [0, 0.1) is 0 Å². The first kappa shape index (κ1) is 16.6. The number of benzene rings is 1. The van der Waals surface area contributed by atoms with E-state index in [0.717, 1.165) is 11.3 Å². The number of amides is 1. The van der Waals surface area contributed by atoms with Crippen molar-refractivity contribution in [3.05, 3.63) is 53.2 Å². The zero-order valence-corrected chi connectivity index (χ0v) is 14.1. The number of halogens is 1. The number of nitrogens with zero attached hydrogens (tertiary/aromatic N) is 2. The molecule has 116 valence electrons. The molecule has 0 aliphatic heterocycles. The van der Waals surface area contributed by atoms with Crippen LogP contribution in [0.5, 0.6) is 0 Å². The monoisotopic (exact) mass is 335 g/mol. The second kappa shape index (κ2) is 8.06.